The van der Waals surface area contributed by atoms with Crippen LogP contribution in [0.2, 0.25) is 0 Å². The lowest BCUT2D eigenvalue weighted by Crippen LogP contribution is -2.06. The van der Waals surface area contributed by atoms with Crippen molar-refractivity contribution in [1.29, 1.82) is 0 Å². The minimum absolute atomic E-state index is 0.480. The van der Waals surface area contributed by atoms with Crippen molar-refractivity contribution in [3.8, 4) is 0 Å². The van der Waals surface area contributed by atoms with Crippen LogP contribution >= 0.6 is 0 Å². The molecule has 18 heavy (non-hydrogen) atoms. The van der Waals surface area contributed by atoms with Gasteiger partial charge in [-0.25, -0.2) is 9.97 Å². The highest BCUT2D eigenvalue weighted by molar-refractivity contribution is 5.05. The molecule has 2 rings (SSSR count). The first-order valence-electron chi connectivity index (χ1n) is 6.55. The third-order valence-corrected chi connectivity index (χ3v) is 3.37. The fourth-order valence-corrected chi connectivity index (χ4v) is 2.17. The number of aromatic nitrogens is 4. The number of rotatable bonds is 5. The van der Waals surface area contributed by atoms with E-state index in [1.165, 1.54) is 11.4 Å². The average molecular weight is 246 g/mol. The van der Waals surface area contributed by atoms with Crippen molar-refractivity contribution in [2.24, 2.45) is 7.05 Å². The van der Waals surface area contributed by atoms with Gasteiger partial charge >= 0.3 is 0 Å². The highest BCUT2D eigenvalue weighted by atomic mass is 15.0. The van der Waals surface area contributed by atoms with Gasteiger partial charge < -0.3 is 9.13 Å². The summed E-state index contributed by atoms with van der Waals surface area (Å²) in [5.74, 6) is 1.01. The van der Waals surface area contributed by atoms with Crippen molar-refractivity contribution in [1.82, 2.24) is 19.1 Å². The van der Waals surface area contributed by atoms with Crippen LogP contribution < -0.4 is 0 Å². The summed E-state index contributed by atoms with van der Waals surface area (Å²) in [5.41, 5.74) is 2.48. The smallest absolute Gasteiger partial charge is 0.0948 e. The maximum Gasteiger partial charge on any atom is 0.0948 e. The summed E-state index contributed by atoms with van der Waals surface area (Å²) < 4.78 is 4.26. The Morgan fingerprint density at radius 2 is 2.00 bits per heavy atom. The molecule has 0 aliphatic rings. The summed E-state index contributed by atoms with van der Waals surface area (Å²) in [6.07, 6.45) is 8.95. The molecule has 0 aromatic carbocycles. The molecule has 0 saturated heterocycles. The van der Waals surface area contributed by atoms with E-state index < -0.39 is 0 Å². The van der Waals surface area contributed by atoms with E-state index in [0.29, 0.717) is 11.8 Å². The van der Waals surface area contributed by atoms with E-state index >= 15 is 0 Å². The van der Waals surface area contributed by atoms with Gasteiger partial charge in [0.05, 0.1) is 18.3 Å². The van der Waals surface area contributed by atoms with E-state index in [4.69, 9.17) is 0 Å². The van der Waals surface area contributed by atoms with Crippen LogP contribution in [-0.2, 0) is 13.6 Å². The summed E-state index contributed by atoms with van der Waals surface area (Å²) >= 11 is 0. The normalized spacial score (nSPS) is 13.2. The predicted molar refractivity (Wildman–Crippen MR) is 72.6 cm³/mol. The van der Waals surface area contributed by atoms with E-state index in [2.05, 4.69) is 41.5 Å². The Labute approximate surface area is 109 Å². The van der Waals surface area contributed by atoms with Crippen LogP contribution in [0.3, 0.4) is 0 Å². The van der Waals surface area contributed by atoms with Crippen molar-refractivity contribution in [2.75, 3.05) is 0 Å². The SMILES string of the molecule is CC(C)c1cncn1CCC(C)c1cn(C)cn1. The van der Waals surface area contributed by atoms with Gasteiger partial charge in [-0.3, -0.25) is 0 Å². The van der Waals surface area contributed by atoms with Crippen molar-refractivity contribution < 1.29 is 0 Å². The van der Waals surface area contributed by atoms with Crippen molar-refractivity contribution in [3.63, 3.8) is 0 Å². The summed E-state index contributed by atoms with van der Waals surface area (Å²) in [7, 11) is 2.01. The van der Waals surface area contributed by atoms with Gasteiger partial charge in [0.2, 0.25) is 0 Å². The second-order valence-corrected chi connectivity index (χ2v) is 5.32. The average Bonchev–Trinajstić information content (AvgIpc) is 2.94. The molecule has 2 aromatic heterocycles. The van der Waals surface area contributed by atoms with Gasteiger partial charge in [0.25, 0.3) is 0 Å². The number of imidazole rings is 2. The summed E-state index contributed by atoms with van der Waals surface area (Å²) in [6, 6.07) is 0. The number of aryl methyl sites for hydroxylation is 2. The molecule has 4 nitrogen and oxygen atoms in total. The zero-order chi connectivity index (χ0) is 13.1. The Balaban J connectivity index is 1.97. The molecule has 0 spiro atoms. The molecule has 0 saturated carbocycles. The maximum atomic E-state index is 4.41. The Morgan fingerprint density at radius 3 is 2.61 bits per heavy atom. The van der Waals surface area contributed by atoms with Crippen molar-refractivity contribution in [3.05, 3.63) is 36.4 Å². The number of nitrogens with zero attached hydrogens (tertiary/aromatic N) is 4. The molecule has 4 heteroatoms. The Morgan fingerprint density at radius 1 is 1.22 bits per heavy atom. The van der Waals surface area contributed by atoms with Gasteiger partial charge in [0, 0.05) is 37.6 Å². The predicted octanol–water partition coefficient (Wildman–Crippen LogP) is 2.93. The molecule has 0 aliphatic carbocycles. The lowest BCUT2D eigenvalue weighted by molar-refractivity contribution is 0.545. The molecule has 2 aromatic rings. The van der Waals surface area contributed by atoms with Gasteiger partial charge in [0.15, 0.2) is 0 Å². The summed E-state index contributed by atoms with van der Waals surface area (Å²) in [6.45, 7) is 7.64. The molecule has 0 N–H and O–H groups in total. The van der Waals surface area contributed by atoms with Crippen LogP contribution in [0.5, 0.6) is 0 Å². The third kappa shape index (κ3) is 2.81. The number of hydrogen-bond donors (Lipinski definition) is 0. The summed E-state index contributed by atoms with van der Waals surface area (Å²) in [5, 5.41) is 0. The van der Waals surface area contributed by atoms with Crippen LogP contribution in [0.15, 0.2) is 25.0 Å². The molecule has 0 amide bonds. The van der Waals surface area contributed by atoms with Crippen molar-refractivity contribution in [2.45, 2.75) is 45.6 Å². The Hall–Kier alpha value is -1.58. The van der Waals surface area contributed by atoms with E-state index in [1.54, 1.807) is 0 Å². The molecule has 0 bridgehead atoms. The monoisotopic (exact) mass is 246 g/mol. The zero-order valence-corrected chi connectivity index (χ0v) is 11.7. The second-order valence-electron chi connectivity index (χ2n) is 5.32. The van der Waals surface area contributed by atoms with Gasteiger partial charge in [-0.1, -0.05) is 20.8 Å². The topological polar surface area (TPSA) is 35.6 Å². The molecule has 0 fully saturated rings. The van der Waals surface area contributed by atoms with Crippen LogP contribution in [0, 0.1) is 0 Å². The van der Waals surface area contributed by atoms with E-state index in [-0.39, 0.29) is 0 Å². The maximum absolute atomic E-state index is 4.41. The molecule has 1 unspecified atom stereocenters. The molecule has 0 aliphatic heterocycles. The van der Waals surface area contributed by atoms with Crippen molar-refractivity contribution >= 4 is 0 Å². The fourth-order valence-electron chi connectivity index (χ4n) is 2.17. The fraction of sp³-hybridized carbons (Fsp3) is 0.571. The minimum Gasteiger partial charge on any atom is -0.340 e. The van der Waals surface area contributed by atoms with Crippen LogP contribution in [-0.4, -0.2) is 19.1 Å². The lowest BCUT2D eigenvalue weighted by atomic mass is 10.0. The van der Waals surface area contributed by atoms with Gasteiger partial charge in [-0.05, 0) is 12.3 Å². The Kier molecular flexibility index (Phi) is 3.84. The van der Waals surface area contributed by atoms with Crippen LogP contribution in [0.4, 0.5) is 0 Å². The van der Waals surface area contributed by atoms with Crippen LogP contribution in [0.25, 0.3) is 0 Å². The first-order chi connectivity index (χ1) is 8.58. The van der Waals surface area contributed by atoms with Crippen LogP contribution in [0.1, 0.15) is 50.4 Å². The highest BCUT2D eigenvalue weighted by Gasteiger charge is 2.11. The zero-order valence-electron chi connectivity index (χ0n) is 11.7. The van der Waals surface area contributed by atoms with Gasteiger partial charge in [-0.15, -0.1) is 0 Å². The minimum atomic E-state index is 0.480. The summed E-state index contributed by atoms with van der Waals surface area (Å²) in [4.78, 5) is 8.65. The second kappa shape index (κ2) is 5.38. The largest absolute Gasteiger partial charge is 0.340 e. The molecule has 1 atom stereocenters. The highest BCUT2D eigenvalue weighted by Crippen LogP contribution is 2.20. The molecule has 2 heterocycles. The lowest BCUT2D eigenvalue weighted by Gasteiger charge is -2.13. The molecular formula is C14H22N4. The number of hydrogen-bond acceptors (Lipinski definition) is 2. The Bertz CT molecular complexity index is 495. The standard InChI is InChI=1S/C14H22N4/c1-11(2)14-7-15-9-18(14)6-5-12(3)13-8-17(4)10-16-13/h7-12H,5-6H2,1-4H3. The molecule has 98 valence electrons. The first kappa shape index (κ1) is 12.9. The molecule has 0 radical (unpaired) electrons. The quantitative estimate of drug-likeness (QED) is 0.813. The van der Waals surface area contributed by atoms with E-state index in [0.717, 1.165) is 13.0 Å². The molecular weight excluding hydrogens is 224 g/mol. The van der Waals surface area contributed by atoms with E-state index in [9.17, 15) is 0 Å². The van der Waals surface area contributed by atoms with Gasteiger partial charge in [0.1, 0.15) is 0 Å². The van der Waals surface area contributed by atoms with E-state index in [1.807, 2.05) is 30.5 Å². The first-order valence-corrected chi connectivity index (χ1v) is 6.55. The third-order valence-electron chi connectivity index (χ3n) is 3.37. The van der Waals surface area contributed by atoms with Gasteiger partial charge in [-0.2, -0.15) is 0 Å².